The molecular weight excluding hydrogens is 242 g/mol. The smallest absolute Gasteiger partial charge is 0.231 e. The number of hydrogen-bond donors (Lipinski definition) is 0. The van der Waals surface area contributed by atoms with Crippen LogP contribution in [0.25, 0.3) is 0 Å². The molecule has 0 saturated carbocycles. The quantitative estimate of drug-likeness (QED) is 0.812. The Labute approximate surface area is 99.5 Å². The van der Waals surface area contributed by atoms with Gasteiger partial charge in [0.05, 0.1) is 22.6 Å². The predicted molar refractivity (Wildman–Crippen MR) is 59.4 cm³/mol. The van der Waals surface area contributed by atoms with E-state index in [2.05, 4.69) is 0 Å². The molecule has 0 amide bonds. The maximum Gasteiger partial charge on any atom is 0.231 e. The first kappa shape index (κ1) is 11.7. The summed E-state index contributed by atoms with van der Waals surface area (Å²) in [5.41, 5.74) is 0. The first-order valence-electron chi connectivity index (χ1n) is 5.05. The summed E-state index contributed by atoms with van der Waals surface area (Å²) in [5.74, 6) is 0.238. The maximum absolute atomic E-state index is 12.0. The molecule has 1 unspecified atom stereocenters. The fourth-order valence-electron chi connectivity index (χ4n) is 1.53. The van der Waals surface area contributed by atoms with Gasteiger partial charge in [0.2, 0.25) is 6.79 Å². The van der Waals surface area contributed by atoms with Crippen molar-refractivity contribution in [2.24, 2.45) is 5.92 Å². The molecule has 0 spiro atoms. The van der Waals surface area contributed by atoms with Crippen molar-refractivity contribution in [2.45, 2.75) is 11.8 Å². The van der Waals surface area contributed by atoms with Crippen LogP contribution in [0.1, 0.15) is 6.92 Å². The lowest BCUT2D eigenvalue weighted by Gasteiger charge is -2.06. The van der Waals surface area contributed by atoms with E-state index < -0.39 is 15.8 Å². The van der Waals surface area contributed by atoms with Crippen LogP contribution in [0, 0.1) is 17.2 Å². The Morgan fingerprint density at radius 1 is 1.41 bits per heavy atom. The van der Waals surface area contributed by atoms with Crippen molar-refractivity contribution >= 4 is 9.84 Å². The van der Waals surface area contributed by atoms with Crippen LogP contribution in [0.15, 0.2) is 23.1 Å². The summed E-state index contributed by atoms with van der Waals surface area (Å²) >= 11 is 0. The van der Waals surface area contributed by atoms with E-state index in [1.165, 1.54) is 12.1 Å². The van der Waals surface area contributed by atoms with Crippen molar-refractivity contribution < 1.29 is 17.9 Å². The molecule has 0 saturated heterocycles. The molecule has 0 aromatic heterocycles. The number of nitriles is 1. The van der Waals surface area contributed by atoms with E-state index in [1.807, 2.05) is 6.07 Å². The van der Waals surface area contributed by atoms with E-state index in [0.29, 0.717) is 11.5 Å². The molecule has 2 rings (SSSR count). The van der Waals surface area contributed by atoms with E-state index in [4.69, 9.17) is 14.7 Å². The van der Waals surface area contributed by atoms with Crippen LogP contribution in [0.3, 0.4) is 0 Å². The monoisotopic (exact) mass is 253 g/mol. The SMILES string of the molecule is CC(C#N)CS(=O)(=O)c1ccc2c(c1)OCO2. The average Bonchev–Trinajstić information content (AvgIpc) is 2.75. The zero-order valence-electron chi connectivity index (χ0n) is 9.21. The van der Waals surface area contributed by atoms with Gasteiger partial charge >= 0.3 is 0 Å². The molecule has 1 heterocycles. The van der Waals surface area contributed by atoms with E-state index in [0.717, 1.165) is 0 Å². The van der Waals surface area contributed by atoms with Crippen molar-refractivity contribution in [1.29, 1.82) is 5.26 Å². The van der Waals surface area contributed by atoms with Crippen LogP contribution in [-0.4, -0.2) is 21.0 Å². The van der Waals surface area contributed by atoms with Gasteiger partial charge in [0.15, 0.2) is 21.3 Å². The van der Waals surface area contributed by atoms with Crippen LogP contribution in [0.4, 0.5) is 0 Å². The number of nitrogens with zero attached hydrogens (tertiary/aromatic N) is 1. The van der Waals surface area contributed by atoms with E-state index in [-0.39, 0.29) is 17.4 Å². The zero-order valence-corrected chi connectivity index (χ0v) is 10.0. The third kappa shape index (κ3) is 2.34. The molecule has 1 atom stereocenters. The fourth-order valence-corrected chi connectivity index (χ4v) is 3.02. The Morgan fingerprint density at radius 2 is 2.12 bits per heavy atom. The minimum Gasteiger partial charge on any atom is -0.454 e. The first-order valence-corrected chi connectivity index (χ1v) is 6.70. The van der Waals surface area contributed by atoms with Crippen LogP contribution < -0.4 is 9.47 Å². The summed E-state index contributed by atoms with van der Waals surface area (Å²) < 4.78 is 34.1. The minimum atomic E-state index is -3.45. The van der Waals surface area contributed by atoms with Crippen LogP contribution in [-0.2, 0) is 9.84 Å². The van der Waals surface area contributed by atoms with Gasteiger partial charge in [-0.2, -0.15) is 5.26 Å². The molecule has 0 N–H and O–H groups in total. The molecule has 1 aromatic rings. The van der Waals surface area contributed by atoms with E-state index in [1.54, 1.807) is 13.0 Å². The van der Waals surface area contributed by atoms with Gasteiger partial charge in [0.1, 0.15) is 0 Å². The van der Waals surface area contributed by atoms with Gasteiger partial charge < -0.3 is 9.47 Å². The number of benzene rings is 1. The fraction of sp³-hybridized carbons (Fsp3) is 0.364. The Bertz CT molecular complexity index is 574. The Morgan fingerprint density at radius 3 is 2.82 bits per heavy atom. The van der Waals surface area contributed by atoms with Crippen molar-refractivity contribution in [3.8, 4) is 17.6 Å². The van der Waals surface area contributed by atoms with Gasteiger partial charge in [-0.15, -0.1) is 0 Å². The number of rotatable bonds is 3. The maximum atomic E-state index is 12.0. The standard InChI is InChI=1S/C11H11NO4S/c1-8(5-12)6-17(13,14)9-2-3-10-11(4-9)16-7-15-10/h2-4,8H,6-7H2,1H3. The van der Waals surface area contributed by atoms with Gasteiger partial charge in [0.25, 0.3) is 0 Å². The van der Waals surface area contributed by atoms with E-state index >= 15 is 0 Å². The summed E-state index contributed by atoms with van der Waals surface area (Å²) in [6.45, 7) is 1.68. The third-order valence-corrected chi connectivity index (χ3v) is 4.30. The predicted octanol–water partition coefficient (Wildman–Crippen LogP) is 1.35. The second-order valence-corrected chi connectivity index (χ2v) is 5.86. The second-order valence-electron chi connectivity index (χ2n) is 3.83. The van der Waals surface area contributed by atoms with Gasteiger partial charge in [0, 0.05) is 6.07 Å². The first-order chi connectivity index (χ1) is 8.03. The summed E-state index contributed by atoms with van der Waals surface area (Å²) in [6.07, 6.45) is 0. The highest BCUT2D eigenvalue weighted by Gasteiger charge is 2.22. The molecule has 0 radical (unpaired) electrons. The van der Waals surface area contributed by atoms with Gasteiger partial charge in [-0.1, -0.05) is 0 Å². The van der Waals surface area contributed by atoms with Gasteiger partial charge in [-0.3, -0.25) is 0 Å². The molecule has 1 aliphatic rings. The molecule has 0 aliphatic carbocycles. The largest absolute Gasteiger partial charge is 0.454 e. The normalized spacial score (nSPS) is 15.3. The molecule has 0 bridgehead atoms. The van der Waals surface area contributed by atoms with E-state index in [9.17, 15) is 8.42 Å². The third-order valence-electron chi connectivity index (χ3n) is 2.39. The van der Waals surface area contributed by atoms with Crippen molar-refractivity contribution in [2.75, 3.05) is 12.5 Å². The van der Waals surface area contributed by atoms with Gasteiger partial charge in [-0.25, -0.2) is 8.42 Å². The van der Waals surface area contributed by atoms with Crippen LogP contribution in [0.5, 0.6) is 11.5 Å². The van der Waals surface area contributed by atoms with Crippen molar-refractivity contribution in [1.82, 2.24) is 0 Å². The Kier molecular flexibility index (Phi) is 2.94. The average molecular weight is 253 g/mol. The lowest BCUT2D eigenvalue weighted by molar-refractivity contribution is 0.174. The molecule has 1 aromatic carbocycles. The molecule has 6 heteroatoms. The number of sulfone groups is 1. The van der Waals surface area contributed by atoms with Crippen molar-refractivity contribution in [3.63, 3.8) is 0 Å². The minimum absolute atomic E-state index is 0.105. The molecule has 17 heavy (non-hydrogen) atoms. The molecule has 90 valence electrons. The number of ether oxygens (including phenoxy) is 2. The number of hydrogen-bond acceptors (Lipinski definition) is 5. The Hall–Kier alpha value is -1.74. The summed E-state index contributed by atoms with van der Waals surface area (Å²) in [7, 11) is -3.45. The highest BCUT2D eigenvalue weighted by atomic mass is 32.2. The highest BCUT2D eigenvalue weighted by molar-refractivity contribution is 7.91. The molecule has 0 fully saturated rings. The zero-order chi connectivity index (χ0) is 12.5. The number of fused-ring (bicyclic) bond motifs is 1. The molecule has 1 aliphatic heterocycles. The topological polar surface area (TPSA) is 76.4 Å². The second kappa shape index (κ2) is 4.26. The highest BCUT2D eigenvalue weighted by Crippen LogP contribution is 2.34. The van der Waals surface area contributed by atoms with Crippen molar-refractivity contribution in [3.05, 3.63) is 18.2 Å². The van der Waals surface area contributed by atoms with Gasteiger partial charge in [-0.05, 0) is 19.1 Å². The lowest BCUT2D eigenvalue weighted by Crippen LogP contribution is -2.12. The summed E-state index contributed by atoms with van der Waals surface area (Å²) in [6, 6.07) is 6.37. The molecular formula is C11H11NO4S. The Balaban J connectivity index is 2.32. The van der Waals surface area contributed by atoms with Crippen LogP contribution >= 0.6 is 0 Å². The molecule has 5 nitrogen and oxygen atoms in total. The summed E-state index contributed by atoms with van der Waals surface area (Å²) in [5, 5.41) is 8.64. The lowest BCUT2D eigenvalue weighted by atomic mass is 10.3. The summed E-state index contributed by atoms with van der Waals surface area (Å²) in [4.78, 5) is 0.156. The van der Waals surface area contributed by atoms with Crippen LogP contribution in [0.2, 0.25) is 0 Å².